The molecule has 3 aliphatic heterocycles. The maximum absolute atomic E-state index is 15.6. The van der Waals surface area contributed by atoms with E-state index in [1.54, 1.807) is 7.05 Å². The molecule has 2 amide bonds. The van der Waals surface area contributed by atoms with Crippen molar-refractivity contribution in [3.05, 3.63) is 29.0 Å². The van der Waals surface area contributed by atoms with Crippen LogP contribution in [0.25, 0.3) is 11.0 Å². The van der Waals surface area contributed by atoms with Gasteiger partial charge in [0.1, 0.15) is 11.1 Å². The minimum Gasteiger partial charge on any atom is -0.465 e. The Kier molecular flexibility index (Phi) is 7.35. The number of rotatable bonds is 6. The lowest BCUT2D eigenvalue weighted by atomic mass is 9.90. The summed E-state index contributed by atoms with van der Waals surface area (Å²) in [4.78, 5) is 36.7. The third-order valence-electron chi connectivity index (χ3n) is 8.46. The van der Waals surface area contributed by atoms with Gasteiger partial charge in [-0.15, -0.1) is 17.5 Å². The van der Waals surface area contributed by atoms with Crippen molar-refractivity contribution < 1.29 is 27.8 Å². The van der Waals surface area contributed by atoms with Gasteiger partial charge in [0.25, 0.3) is 11.8 Å². The highest BCUT2D eigenvalue weighted by Gasteiger charge is 2.48. The third-order valence-corrected chi connectivity index (χ3v) is 8.46. The number of hydrogen-bond donors (Lipinski definition) is 2. The van der Waals surface area contributed by atoms with E-state index in [4.69, 9.17) is 9.47 Å². The van der Waals surface area contributed by atoms with Crippen LogP contribution in [-0.2, 0) is 28.9 Å². The van der Waals surface area contributed by atoms with Crippen molar-refractivity contribution in [2.45, 2.75) is 37.8 Å². The van der Waals surface area contributed by atoms with Gasteiger partial charge in [0, 0.05) is 39.0 Å². The van der Waals surface area contributed by atoms with Gasteiger partial charge in [0.05, 0.1) is 19.3 Å². The third kappa shape index (κ3) is 4.78. The topological polar surface area (TPSA) is 140 Å². The summed E-state index contributed by atoms with van der Waals surface area (Å²) in [5.74, 6) is -0.506. The fourth-order valence-electron chi connectivity index (χ4n) is 6.36. The largest absolute Gasteiger partial charge is 0.465 e. The normalized spacial score (nSPS) is 21.1. The molecular weight excluding hydrogens is 576 g/mol. The molecule has 13 nitrogen and oxygen atoms in total. The van der Waals surface area contributed by atoms with Gasteiger partial charge in [0.15, 0.2) is 35.4 Å². The summed E-state index contributed by atoms with van der Waals surface area (Å²) in [7, 11) is 1.79. The monoisotopic (exact) mass is 605 g/mol. The molecule has 2 fully saturated rings. The van der Waals surface area contributed by atoms with E-state index < -0.39 is 23.3 Å². The van der Waals surface area contributed by atoms with E-state index in [1.165, 1.54) is 15.8 Å². The molecule has 0 radical (unpaired) electrons. The first-order valence-corrected chi connectivity index (χ1v) is 13.7. The van der Waals surface area contributed by atoms with Crippen LogP contribution < -0.4 is 20.3 Å². The zero-order valence-corrected chi connectivity index (χ0v) is 23.7. The number of nitrogens with zero attached hydrogens (tertiary/aromatic N) is 7. The minimum atomic E-state index is -0.662. The van der Waals surface area contributed by atoms with Crippen LogP contribution in [0.15, 0.2) is 6.20 Å². The minimum absolute atomic E-state index is 0. The van der Waals surface area contributed by atoms with Crippen molar-refractivity contribution in [3.63, 3.8) is 0 Å². The highest BCUT2D eigenvalue weighted by atomic mass is 35.5. The first kappa shape index (κ1) is 28.4. The number of carbonyl (C=O) groups excluding carboxylic acids is 2. The number of piperidine rings is 1. The van der Waals surface area contributed by atoms with Crippen molar-refractivity contribution in [3.8, 4) is 5.88 Å². The number of likely N-dealkylation sites (tertiary alicyclic amines) is 1. The predicted molar refractivity (Wildman–Crippen MR) is 148 cm³/mol. The highest BCUT2D eigenvalue weighted by molar-refractivity contribution is 5.95. The molecule has 1 spiro atoms. The molecule has 7 rings (SSSR count). The molecule has 16 heteroatoms. The van der Waals surface area contributed by atoms with Gasteiger partial charge in [0.2, 0.25) is 0 Å². The second kappa shape index (κ2) is 10.9. The number of benzene rings is 1. The van der Waals surface area contributed by atoms with Crippen molar-refractivity contribution in [1.29, 1.82) is 0 Å². The SMILES string of the molecule is CNCCn1nnc2c(F)c3c(c(F)c21)CC(CN1CCC2(CC1)CN(c1cnc4c(n1)NC(=O)CO4)C(=O)O2)C3.Cl. The lowest BCUT2D eigenvalue weighted by molar-refractivity contribution is -0.118. The maximum Gasteiger partial charge on any atom is 0.416 e. The first-order chi connectivity index (χ1) is 19.8. The lowest BCUT2D eigenvalue weighted by Gasteiger charge is -2.38. The van der Waals surface area contributed by atoms with E-state index in [9.17, 15) is 9.59 Å². The zero-order valence-electron chi connectivity index (χ0n) is 22.9. The summed E-state index contributed by atoms with van der Waals surface area (Å²) < 4.78 is 43.4. The van der Waals surface area contributed by atoms with Crippen molar-refractivity contribution in [1.82, 2.24) is 35.2 Å². The van der Waals surface area contributed by atoms with Crippen LogP contribution in [0.5, 0.6) is 5.88 Å². The second-order valence-electron chi connectivity index (χ2n) is 11.1. The molecule has 1 aromatic carbocycles. The van der Waals surface area contributed by atoms with Crippen molar-refractivity contribution >= 4 is 47.1 Å². The van der Waals surface area contributed by atoms with Gasteiger partial charge in [-0.3, -0.25) is 9.69 Å². The number of likely N-dealkylation sites (N-methyl/N-ethyl adjacent to an activating group) is 1. The number of fused-ring (bicyclic) bond motifs is 3. The molecule has 4 aliphatic rings. The average molecular weight is 606 g/mol. The number of aromatic nitrogens is 5. The van der Waals surface area contributed by atoms with E-state index in [1.807, 2.05) is 0 Å². The van der Waals surface area contributed by atoms with Crippen LogP contribution in [0.3, 0.4) is 0 Å². The van der Waals surface area contributed by atoms with Crippen LogP contribution in [-0.4, -0.2) is 93.8 Å². The molecule has 1 unspecified atom stereocenters. The maximum atomic E-state index is 15.6. The van der Waals surface area contributed by atoms with Crippen LogP contribution in [0.2, 0.25) is 0 Å². The Labute approximate surface area is 245 Å². The molecule has 0 bridgehead atoms. The molecule has 2 N–H and O–H groups in total. The fraction of sp³-hybridized carbons (Fsp3) is 0.538. The molecule has 5 heterocycles. The molecule has 42 heavy (non-hydrogen) atoms. The van der Waals surface area contributed by atoms with Crippen LogP contribution in [0, 0.1) is 17.6 Å². The molecule has 0 saturated carbocycles. The molecule has 3 aromatic rings. The van der Waals surface area contributed by atoms with Crippen molar-refractivity contribution in [2.75, 3.05) is 56.6 Å². The van der Waals surface area contributed by atoms with Gasteiger partial charge >= 0.3 is 6.09 Å². The number of anilines is 2. The summed E-state index contributed by atoms with van der Waals surface area (Å²) in [6, 6.07) is 0. The molecule has 224 valence electrons. The van der Waals surface area contributed by atoms with E-state index >= 15 is 8.78 Å². The fourth-order valence-corrected chi connectivity index (χ4v) is 6.36. The van der Waals surface area contributed by atoms with E-state index in [0.717, 1.165) is 0 Å². The predicted octanol–water partition coefficient (Wildman–Crippen LogP) is 1.68. The Morgan fingerprint density at radius 2 is 1.93 bits per heavy atom. The zero-order chi connectivity index (χ0) is 28.3. The van der Waals surface area contributed by atoms with E-state index in [-0.39, 0.29) is 59.4 Å². The molecule has 2 aromatic heterocycles. The first-order valence-electron chi connectivity index (χ1n) is 13.7. The molecule has 2 saturated heterocycles. The number of ether oxygens (including phenoxy) is 2. The number of hydrogen-bond acceptors (Lipinski definition) is 10. The Morgan fingerprint density at radius 1 is 1.17 bits per heavy atom. The summed E-state index contributed by atoms with van der Waals surface area (Å²) in [5.41, 5.74) is 0.286. The van der Waals surface area contributed by atoms with Crippen LogP contribution in [0.1, 0.15) is 24.0 Å². The van der Waals surface area contributed by atoms with Crippen molar-refractivity contribution in [2.24, 2.45) is 5.92 Å². The average Bonchev–Trinajstić information content (AvgIpc) is 3.67. The summed E-state index contributed by atoms with van der Waals surface area (Å²) in [6.45, 7) is 3.20. The lowest BCUT2D eigenvalue weighted by Crippen LogP contribution is -2.48. The summed E-state index contributed by atoms with van der Waals surface area (Å²) in [5, 5.41) is 13.5. The number of nitrogens with one attached hydrogen (secondary N) is 2. The van der Waals surface area contributed by atoms with Gasteiger partial charge in [-0.05, 0) is 36.9 Å². The number of amides is 2. The molecule has 1 aliphatic carbocycles. The van der Waals surface area contributed by atoms with Gasteiger partial charge in [-0.2, -0.15) is 0 Å². The standard InChI is InChI=1S/C26H29F2N9O4.ClH/c1-29-4-7-37-22-20(28)16-9-14(8-15(16)19(27)21(22)33-34-37)11-35-5-2-26(3-6-35)13-36(25(39)41-26)17-10-30-24-23(31-17)32-18(38)12-40-24;/h10,14,29H,2-9,11-13H2,1H3,(H,31,32,38);1H. The van der Waals surface area contributed by atoms with Gasteiger partial charge < -0.3 is 25.0 Å². The van der Waals surface area contributed by atoms with Crippen LogP contribution >= 0.6 is 12.4 Å². The van der Waals surface area contributed by atoms with E-state index in [2.05, 4.69) is 35.8 Å². The Balaban J connectivity index is 0.00000316. The number of halogens is 3. The molecular formula is C26H30ClF2N9O4. The highest BCUT2D eigenvalue weighted by Crippen LogP contribution is 2.39. The summed E-state index contributed by atoms with van der Waals surface area (Å²) in [6.07, 6.45) is 3.04. The van der Waals surface area contributed by atoms with Crippen LogP contribution in [0.4, 0.5) is 25.2 Å². The van der Waals surface area contributed by atoms with Gasteiger partial charge in [-0.25, -0.2) is 28.2 Å². The smallest absolute Gasteiger partial charge is 0.416 e. The Bertz CT molecular complexity index is 1560. The summed E-state index contributed by atoms with van der Waals surface area (Å²) >= 11 is 0. The van der Waals surface area contributed by atoms with E-state index in [0.29, 0.717) is 76.1 Å². The van der Waals surface area contributed by atoms with Gasteiger partial charge in [-0.1, -0.05) is 5.21 Å². The molecule has 1 atom stereocenters. The second-order valence-corrected chi connectivity index (χ2v) is 11.1. The Morgan fingerprint density at radius 3 is 2.69 bits per heavy atom. The quantitative estimate of drug-likeness (QED) is 0.426. The Hall–Kier alpha value is -3.69. The number of carbonyl (C=O) groups is 2.